The van der Waals surface area contributed by atoms with Gasteiger partial charge in [-0.15, -0.1) is 20.4 Å². The van der Waals surface area contributed by atoms with Gasteiger partial charge in [0.25, 0.3) is 0 Å². The third kappa shape index (κ3) is 4.17. The zero-order valence-corrected chi connectivity index (χ0v) is 13.2. The Morgan fingerprint density at radius 3 is 2.15 bits per heavy atom. The smallest absolute Gasteiger partial charge is 0.206 e. The predicted octanol–water partition coefficient (Wildman–Crippen LogP) is 4.34. The fraction of sp³-hybridized carbons (Fsp3) is 0.333. The summed E-state index contributed by atoms with van der Waals surface area (Å²) >= 11 is 5.36. The van der Waals surface area contributed by atoms with Gasteiger partial charge in [-0.3, -0.25) is 0 Å². The fourth-order valence-electron chi connectivity index (χ4n) is 1.06. The van der Waals surface area contributed by atoms with Gasteiger partial charge in [-0.2, -0.15) is 8.78 Å². The first-order valence-corrected chi connectivity index (χ1v) is 8.98. The second-order valence-corrected chi connectivity index (χ2v) is 7.56. The van der Waals surface area contributed by atoms with Gasteiger partial charge in [-0.25, -0.2) is 4.39 Å². The number of hydrogen-bond acceptors (Lipinski definition) is 8. The predicted molar refractivity (Wildman–Crippen MR) is 76.3 cm³/mol. The summed E-state index contributed by atoms with van der Waals surface area (Å²) in [6, 6.07) is 0. The lowest BCUT2D eigenvalue weighted by Gasteiger charge is -1.94. The van der Waals surface area contributed by atoms with Crippen LogP contribution in [0, 0.1) is 0 Å². The zero-order chi connectivity index (χ0) is 14.5. The van der Waals surface area contributed by atoms with E-state index in [0.717, 1.165) is 4.34 Å². The van der Waals surface area contributed by atoms with Crippen LogP contribution in [0.3, 0.4) is 0 Å². The van der Waals surface area contributed by atoms with E-state index in [1.165, 1.54) is 46.2 Å². The van der Waals surface area contributed by atoms with Crippen LogP contribution in [0.5, 0.6) is 0 Å². The van der Waals surface area contributed by atoms with Gasteiger partial charge in [0.05, 0.1) is 0 Å². The van der Waals surface area contributed by atoms with Crippen LogP contribution in [0.15, 0.2) is 20.6 Å². The van der Waals surface area contributed by atoms with Crippen molar-refractivity contribution in [2.24, 2.45) is 0 Å². The van der Waals surface area contributed by atoms with Gasteiger partial charge in [0.1, 0.15) is 0 Å². The Morgan fingerprint density at radius 2 is 1.60 bits per heavy atom. The van der Waals surface area contributed by atoms with Crippen molar-refractivity contribution in [3.63, 3.8) is 0 Å². The molecule has 4 nitrogen and oxygen atoms in total. The molecule has 0 bridgehead atoms. The molecule has 0 fully saturated rings. The maximum atomic E-state index is 12.6. The number of halogens is 3. The van der Waals surface area contributed by atoms with E-state index in [2.05, 4.69) is 20.4 Å². The number of hydrogen-bond donors (Lipinski definition) is 0. The Balaban J connectivity index is 1.94. The lowest BCUT2D eigenvalue weighted by atomic mass is 10.4. The highest BCUT2D eigenvalue weighted by Gasteiger charge is 2.13. The van der Waals surface area contributed by atoms with Crippen LogP contribution in [0.4, 0.5) is 13.2 Å². The molecule has 2 rings (SSSR count). The first-order chi connectivity index (χ1) is 9.60. The molecule has 0 radical (unpaired) electrons. The Morgan fingerprint density at radius 1 is 1.00 bits per heavy atom. The number of thioether (sulfide) groups is 2. The van der Waals surface area contributed by atoms with Crippen LogP contribution >= 0.6 is 46.2 Å². The van der Waals surface area contributed by atoms with Gasteiger partial charge in [0.2, 0.25) is 0 Å². The maximum absolute atomic E-state index is 12.6. The molecule has 11 heteroatoms. The quantitative estimate of drug-likeness (QED) is 0.718. The topological polar surface area (TPSA) is 51.6 Å². The van der Waals surface area contributed by atoms with E-state index in [-0.39, 0.29) is 12.2 Å². The minimum Gasteiger partial charge on any atom is -0.206 e. The Bertz CT molecular complexity index is 608. The Hall–Kier alpha value is -0.650. The molecule has 0 N–H and O–H groups in total. The molecule has 0 amide bonds. The van der Waals surface area contributed by atoms with Crippen LogP contribution in [-0.2, 0) is 0 Å². The van der Waals surface area contributed by atoms with Crippen molar-refractivity contribution in [3.05, 3.63) is 11.9 Å². The summed E-state index contributed by atoms with van der Waals surface area (Å²) in [5, 5.41) is 17.1. The van der Waals surface area contributed by atoms with Gasteiger partial charge in [0, 0.05) is 12.2 Å². The van der Waals surface area contributed by atoms with Crippen molar-refractivity contribution in [1.82, 2.24) is 20.4 Å². The lowest BCUT2D eigenvalue weighted by Crippen LogP contribution is -1.82. The molecular weight excluding hydrogens is 349 g/mol. The molecule has 20 heavy (non-hydrogen) atoms. The second-order valence-electron chi connectivity index (χ2n) is 3.21. The normalized spacial score (nSPS) is 10.8. The van der Waals surface area contributed by atoms with E-state index in [1.54, 1.807) is 0 Å². The molecule has 2 aromatic heterocycles. The highest BCUT2D eigenvalue weighted by Crippen LogP contribution is 2.33. The lowest BCUT2D eigenvalue weighted by molar-refractivity contribution is 0.373. The standard InChI is InChI=1S/C9H7F3N4S4/c1-17-8-15-13-6(19-8)7-14-16-9(20-7)18-3-2-4(10)5(11)12/h2-3H2,1H3. The van der Waals surface area contributed by atoms with Gasteiger partial charge < -0.3 is 0 Å². The molecule has 2 heterocycles. The summed E-state index contributed by atoms with van der Waals surface area (Å²) in [5.41, 5.74) is 0. The summed E-state index contributed by atoms with van der Waals surface area (Å²) in [6.45, 7) is 0. The largest absolute Gasteiger partial charge is 0.301 e. The van der Waals surface area contributed by atoms with Crippen molar-refractivity contribution in [2.45, 2.75) is 15.1 Å². The highest BCUT2D eigenvalue weighted by atomic mass is 32.2. The Labute approximate surface area is 128 Å². The van der Waals surface area contributed by atoms with Crippen LogP contribution in [0.2, 0.25) is 0 Å². The third-order valence-corrected chi connectivity index (χ3v) is 6.02. The fourth-order valence-corrected chi connectivity index (χ4v) is 4.19. The molecule has 2 aromatic rings. The molecule has 0 spiro atoms. The van der Waals surface area contributed by atoms with Crippen molar-refractivity contribution in [1.29, 1.82) is 0 Å². The van der Waals surface area contributed by atoms with E-state index >= 15 is 0 Å². The average Bonchev–Trinajstić information content (AvgIpc) is 3.06. The number of aromatic nitrogens is 4. The minimum absolute atomic E-state index is 0.185. The SMILES string of the molecule is CSc1nnc(-c2nnc(SCCC(F)=C(F)F)s2)s1. The van der Waals surface area contributed by atoms with Crippen LogP contribution in [0.1, 0.15) is 6.42 Å². The summed E-state index contributed by atoms with van der Waals surface area (Å²) in [5.74, 6) is -1.19. The van der Waals surface area contributed by atoms with Crippen LogP contribution in [0.25, 0.3) is 10.0 Å². The minimum atomic E-state index is -2.26. The van der Waals surface area contributed by atoms with Crippen LogP contribution < -0.4 is 0 Å². The Kier molecular flexibility index (Phi) is 5.81. The molecule has 0 saturated heterocycles. The van der Waals surface area contributed by atoms with Crippen LogP contribution in [-0.4, -0.2) is 32.4 Å². The van der Waals surface area contributed by atoms with Gasteiger partial charge >= 0.3 is 6.08 Å². The second kappa shape index (κ2) is 7.38. The summed E-state index contributed by atoms with van der Waals surface area (Å²) in [4.78, 5) is 0. The number of rotatable bonds is 6. The van der Waals surface area contributed by atoms with Gasteiger partial charge in [-0.05, 0) is 6.26 Å². The van der Waals surface area contributed by atoms with E-state index in [4.69, 9.17) is 0 Å². The van der Waals surface area contributed by atoms with Crippen molar-refractivity contribution in [3.8, 4) is 10.0 Å². The first-order valence-electron chi connectivity index (χ1n) is 5.14. The molecule has 0 aromatic carbocycles. The van der Waals surface area contributed by atoms with E-state index in [1.807, 2.05) is 6.26 Å². The van der Waals surface area contributed by atoms with Crippen molar-refractivity contribution in [2.75, 3.05) is 12.0 Å². The van der Waals surface area contributed by atoms with Gasteiger partial charge in [-0.1, -0.05) is 46.2 Å². The average molecular weight is 356 g/mol. The molecule has 0 unspecified atom stereocenters. The maximum Gasteiger partial charge on any atom is 0.301 e. The molecule has 0 atom stereocenters. The third-order valence-electron chi connectivity index (χ3n) is 1.92. The molecule has 0 aliphatic carbocycles. The summed E-state index contributed by atoms with van der Waals surface area (Å²) in [7, 11) is 0. The first kappa shape index (κ1) is 15.7. The van der Waals surface area contributed by atoms with Gasteiger partial charge in [0.15, 0.2) is 24.5 Å². The van der Waals surface area contributed by atoms with E-state index in [9.17, 15) is 13.2 Å². The monoisotopic (exact) mass is 356 g/mol. The molecular formula is C9H7F3N4S4. The summed E-state index contributed by atoms with van der Waals surface area (Å²) in [6.07, 6.45) is -0.684. The molecule has 0 aliphatic heterocycles. The summed E-state index contributed by atoms with van der Waals surface area (Å²) < 4.78 is 37.8. The van der Waals surface area contributed by atoms with Crippen molar-refractivity contribution >= 4 is 46.2 Å². The van der Waals surface area contributed by atoms with E-state index in [0.29, 0.717) is 14.4 Å². The van der Waals surface area contributed by atoms with E-state index < -0.39 is 11.9 Å². The number of allylic oxidation sites excluding steroid dienone is 1. The van der Waals surface area contributed by atoms with Crippen molar-refractivity contribution < 1.29 is 13.2 Å². The molecule has 0 aliphatic rings. The molecule has 108 valence electrons. The highest BCUT2D eigenvalue weighted by molar-refractivity contribution is 8.01. The zero-order valence-electron chi connectivity index (χ0n) is 9.97. The molecule has 0 saturated carbocycles. The number of nitrogens with zero attached hydrogens (tertiary/aromatic N) is 4.